The van der Waals surface area contributed by atoms with Gasteiger partial charge in [-0.2, -0.15) is 5.26 Å². The molecule has 96 valence electrons. The molecule has 1 atom stereocenters. The molecule has 1 aliphatic carbocycles. The third-order valence-electron chi connectivity index (χ3n) is 3.87. The molecule has 1 saturated carbocycles. The molecule has 1 N–H and O–H groups in total. The van der Waals surface area contributed by atoms with Crippen LogP contribution >= 0.6 is 11.6 Å². The van der Waals surface area contributed by atoms with E-state index in [0.717, 1.165) is 5.69 Å². The van der Waals surface area contributed by atoms with Crippen molar-refractivity contribution in [1.29, 1.82) is 5.26 Å². The summed E-state index contributed by atoms with van der Waals surface area (Å²) in [5.74, 6) is 0.712. The molecular weight excluding hydrogens is 244 g/mol. The van der Waals surface area contributed by atoms with Gasteiger partial charge in [-0.3, -0.25) is 0 Å². The number of nitrogens with zero attached hydrogens (tertiary/aromatic N) is 1. The van der Waals surface area contributed by atoms with Crippen LogP contribution in [0.3, 0.4) is 0 Å². The molecule has 1 aliphatic rings. The molecular formula is C15H19ClN2. The van der Waals surface area contributed by atoms with Crippen LogP contribution < -0.4 is 5.32 Å². The van der Waals surface area contributed by atoms with Crippen LogP contribution in [-0.2, 0) is 0 Å². The number of rotatable bonds is 3. The van der Waals surface area contributed by atoms with Crippen molar-refractivity contribution in [2.75, 3.05) is 5.32 Å². The number of halogens is 1. The van der Waals surface area contributed by atoms with E-state index in [1.165, 1.54) is 32.1 Å². The maximum atomic E-state index is 9.15. The largest absolute Gasteiger partial charge is 0.381 e. The first kappa shape index (κ1) is 13.2. The van der Waals surface area contributed by atoms with Crippen LogP contribution in [0.1, 0.15) is 44.6 Å². The third-order valence-corrected chi connectivity index (χ3v) is 4.18. The Morgan fingerprint density at radius 3 is 2.72 bits per heavy atom. The first-order valence-electron chi connectivity index (χ1n) is 6.67. The average Bonchev–Trinajstić information content (AvgIpc) is 2.40. The predicted octanol–water partition coefficient (Wildman–Crippen LogP) is 4.59. The maximum absolute atomic E-state index is 9.15. The molecule has 1 aromatic carbocycles. The van der Waals surface area contributed by atoms with Gasteiger partial charge in [0.1, 0.15) is 6.07 Å². The summed E-state index contributed by atoms with van der Waals surface area (Å²) >= 11 is 6.04. The van der Waals surface area contributed by atoms with E-state index >= 15 is 0 Å². The minimum Gasteiger partial charge on any atom is -0.381 e. The monoisotopic (exact) mass is 262 g/mol. The van der Waals surface area contributed by atoms with Crippen molar-refractivity contribution >= 4 is 17.3 Å². The van der Waals surface area contributed by atoms with Gasteiger partial charge < -0.3 is 5.32 Å². The second-order valence-corrected chi connectivity index (χ2v) is 5.51. The van der Waals surface area contributed by atoms with Crippen LogP contribution in [0.2, 0.25) is 5.02 Å². The topological polar surface area (TPSA) is 35.8 Å². The number of nitrogens with one attached hydrogen (secondary N) is 1. The van der Waals surface area contributed by atoms with Crippen molar-refractivity contribution in [3.05, 3.63) is 28.8 Å². The third kappa shape index (κ3) is 2.97. The fraction of sp³-hybridized carbons (Fsp3) is 0.533. The standard InChI is InChI=1S/C15H19ClN2/c1-11(12-6-3-2-4-7-12)18-15-9-5-8-14(16)13(15)10-17/h5,8-9,11-12,18H,2-4,6-7H2,1H3. The molecule has 0 amide bonds. The van der Waals surface area contributed by atoms with Gasteiger partial charge in [0.25, 0.3) is 0 Å². The molecule has 0 radical (unpaired) electrons. The molecule has 0 heterocycles. The van der Waals surface area contributed by atoms with Crippen molar-refractivity contribution in [2.24, 2.45) is 5.92 Å². The van der Waals surface area contributed by atoms with E-state index in [4.69, 9.17) is 16.9 Å². The first-order valence-corrected chi connectivity index (χ1v) is 7.05. The van der Waals surface area contributed by atoms with Gasteiger partial charge >= 0.3 is 0 Å². The lowest BCUT2D eigenvalue weighted by molar-refractivity contribution is 0.328. The Morgan fingerprint density at radius 1 is 1.33 bits per heavy atom. The zero-order valence-electron chi connectivity index (χ0n) is 10.7. The molecule has 0 aliphatic heterocycles. The predicted molar refractivity (Wildman–Crippen MR) is 75.8 cm³/mol. The van der Waals surface area contributed by atoms with Crippen molar-refractivity contribution in [3.63, 3.8) is 0 Å². The lowest BCUT2D eigenvalue weighted by Crippen LogP contribution is -2.28. The van der Waals surface area contributed by atoms with Gasteiger partial charge in [0.2, 0.25) is 0 Å². The summed E-state index contributed by atoms with van der Waals surface area (Å²) in [6, 6.07) is 8.16. The Hall–Kier alpha value is -1.20. The highest BCUT2D eigenvalue weighted by molar-refractivity contribution is 6.32. The Kier molecular flexibility index (Phi) is 4.49. The van der Waals surface area contributed by atoms with Crippen molar-refractivity contribution < 1.29 is 0 Å². The molecule has 2 rings (SSSR count). The average molecular weight is 263 g/mol. The zero-order chi connectivity index (χ0) is 13.0. The van der Waals surface area contributed by atoms with Gasteiger partial charge in [-0.1, -0.05) is 36.9 Å². The molecule has 0 spiro atoms. The van der Waals surface area contributed by atoms with E-state index in [0.29, 0.717) is 22.5 Å². The van der Waals surface area contributed by atoms with Gasteiger partial charge in [-0.25, -0.2) is 0 Å². The molecule has 0 bridgehead atoms. The highest BCUT2D eigenvalue weighted by Gasteiger charge is 2.20. The molecule has 2 nitrogen and oxygen atoms in total. The van der Waals surface area contributed by atoms with Crippen LogP contribution in [0.15, 0.2) is 18.2 Å². The highest BCUT2D eigenvalue weighted by atomic mass is 35.5. The van der Waals surface area contributed by atoms with Crippen LogP contribution in [0.5, 0.6) is 0 Å². The number of benzene rings is 1. The van der Waals surface area contributed by atoms with E-state index in [1.807, 2.05) is 12.1 Å². The summed E-state index contributed by atoms with van der Waals surface area (Å²) in [7, 11) is 0. The van der Waals surface area contributed by atoms with Gasteiger partial charge in [0.05, 0.1) is 16.3 Å². The number of hydrogen-bond acceptors (Lipinski definition) is 2. The second kappa shape index (κ2) is 6.11. The van der Waals surface area contributed by atoms with Crippen LogP contribution in [0, 0.1) is 17.2 Å². The first-order chi connectivity index (χ1) is 8.72. The Balaban J connectivity index is 2.09. The SMILES string of the molecule is CC(Nc1cccc(Cl)c1C#N)C1CCCCC1. The number of anilines is 1. The van der Waals surface area contributed by atoms with Gasteiger partial charge in [-0.15, -0.1) is 0 Å². The highest BCUT2D eigenvalue weighted by Crippen LogP contribution is 2.30. The second-order valence-electron chi connectivity index (χ2n) is 5.11. The summed E-state index contributed by atoms with van der Waals surface area (Å²) < 4.78 is 0. The van der Waals surface area contributed by atoms with Gasteiger partial charge in [-0.05, 0) is 37.8 Å². The minimum atomic E-state index is 0.399. The summed E-state index contributed by atoms with van der Waals surface area (Å²) in [6.45, 7) is 2.21. The van der Waals surface area contributed by atoms with Gasteiger partial charge in [0, 0.05) is 6.04 Å². The molecule has 18 heavy (non-hydrogen) atoms. The van der Waals surface area contributed by atoms with E-state index in [9.17, 15) is 0 Å². The van der Waals surface area contributed by atoms with E-state index < -0.39 is 0 Å². The fourth-order valence-corrected chi connectivity index (χ4v) is 2.97. The minimum absolute atomic E-state index is 0.399. The van der Waals surface area contributed by atoms with Crippen molar-refractivity contribution in [2.45, 2.75) is 45.1 Å². The Bertz CT molecular complexity index is 444. The van der Waals surface area contributed by atoms with Gasteiger partial charge in [0.15, 0.2) is 0 Å². The number of nitriles is 1. The summed E-state index contributed by atoms with van der Waals surface area (Å²) in [5, 5.41) is 13.1. The number of hydrogen-bond donors (Lipinski definition) is 1. The quantitative estimate of drug-likeness (QED) is 0.865. The van der Waals surface area contributed by atoms with E-state index in [-0.39, 0.29) is 0 Å². The van der Waals surface area contributed by atoms with Crippen LogP contribution in [-0.4, -0.2) is 6.04 Å². The lowest BCUT2D eigenvalue weighted by atomic mass is 9.84. The molecule has 1 aromatic rings. The smallest absolute Gasteiger partial charge is 0.103 e. The fourth-order valence-electron chi connectivity index (χ4n) is 2.76. The zero-order valence-corrected chi connectivity index (χ0v) is 11.5. The normalized spacial score (nSPS) is 18.1. The molecule has 3 heteroatoms. The molecule has 1 fully saturated rings. The summed E-state index contributed by atoms with van der Waals surface area (Å²) in [4.78, 5) is 0. The van der Waals surface area contributed by atoms with Crippen LogP contribution in [0.4, 0.5) is 5.69 Å². The van der Waals surface area contributed by atoms with Crippen LogP contribution in [0.25, 0.3) is 0 Å². The summed E-state index contributed by atoms with van der Waals surface area (Å²) in [5.41, 5.74) is 1.42. The Labute approximate surface area is 114 Å². The maximum Gasteiger partial charge on any atom is 0.103 e. The molecule has 0 aromatic heterocycles. The van der Waals surface area contributed by atoms with Crippen molar-refractivity contribution in [3.8, 4) is 6.07 Å². The lowest BCUT2D eigenvalue weighted by Gasteiger charge is -2.29. The Morgan fingerprint density at radius 2 is 2.06 bits per heavy atom. The molecule has 0 saturated heterocycles. The summed E-state index contributed by atoms with van der Waals surface area (Å²) in [6.07, 6.45) is 6.60. The molecule has 1 unspecified atom stereocenters. The van der Waals surface area contributed by atoms with Crippen molar-refractivity contribution in [1.82, 2.24) is 0 Å². The van der Waals surface area contributed by atoms with E-state index in [2.05, 4.69) is 18.3 Å². The van der Waals surface area contributed by atoms with E-state index in [1.54, 1.807) is 6.07 Å².